The van der Waals surface area contributed by atoms with E-state index in [4.69, 9.17) is 9.26 Å². The number of pyridine rings is 1. The summed E-state index contributed by atoms with van der Waals surface area (Å²) < 4.78 is 24.8. The quantitative estimate of drug-likeness (QED) is 0.151. The normalized spacial score (nSPS) is 14.0. The van der Waals surface area contributed by atoms with Crippen LogP contribution in [0.15, 0.2) is 71.8 Å². The summed E-state index contributed by atoms with van der Waals surface area (Å²) in [5.74, 6) is -0.740. The molecule has 0 aliphatic heterocycles. The van der Waals surface area contributed by atoms with Crippen LogP contribution in [0.3, 0.4) is 0 Å². The molecular formula is C26H32NO4PS. The summed E-state index contributed by atoms with van der Waals surface area (Å²) in [4.78, 5) is 17.3. The van der Waals surface area contributed by atoms with E-state index in [1.54, 1.807) is 6.92 Å². The summed E-state index contributed by atoms with van der Waals surface area (Å²) >= 11 is 1.42. The Morgan fingerprint density at radius 2 is 1.76 bits per heavy atom. The van der Waals surface area contributed by atoms with E-state index >= 15 is 0 Å². The van der Waals surface area contributed by atoms with Crippen molar-refractivity contribution in [2.45, 2.75) is 38.1 Å². The van der Waals surface area contributed by atoms with Crippen LogP contribution in [0.1, 0.15) is 32.3 Å². The number of rotatable bonds is 13. The lowest BCUT2D eigenvalue weighted by molar-refractivity contribution is -0.147. The Morgan fingerprint density at radius 1 is 1.00 bits per heavy atom. The zero-order chi connectivity index (χ0) is 23.5. The van der Waals surface area contributed by atoms with Gasteiger partial charge in [-0.15, -0.1) is 0 Å². The Balaban J connectivity index is 1.67. The summed E-state index contributed by atoms with van der Waals surface area (Å²) in [6, 6.07) is 22.0. The second kappa shape index (κ2) is 12.9. The predicted molar refractivity (Wildman–Crippen MR) is 136 cm³/mol. The van der Waals surface area contributed by atoms with Gasteiger partial charge in [0, 0.05) is 11.5 Å². The molecule has 2 unspecified atom stereocenters. The van der Waals surface area contributed by atoms with E-state index in [0.29, 0.717) is 19.6 Å². The van der Waals surface area contributed by atoms with E-state index in [9.17, 15) is 9.36 Å². The maximum Gasteiger partial charge on any atom is 0.309 e. The lowest BCUT2D eigenvalue weighted by Gasteiger charge is -2.23. The summed E-state index contributed by atoms with van der Waals surface area (Å²) in [6.07, 6.45) is 2.49. The Morgan fingerprint density at radius 3 is 2.52 bits per heavy atom. The number of esters is 1. The molecule has 2 atom stereocenters. The van der Waals surface area contributed by atoms with Crippen LogP contribution < -0.4 is 0 Å². The number of fused-ring (bicyclic) bond motifs is 1. The van der Waals surface area contributed by atoms with Gasteiger partial charge >= 0.3 is 5.97 Å². The van der Waals surface area contributed by atoms with Crippen molar-refractivity contribution in [1.29, 1.82) is 0 Å². The summed E-state index contributed by atoms with van der Waals surface area (Å²) in [5, 5.41) is 1.86. The highest BCUT2D eigenvalue weighted by atomic mass is 32.2. The number of carbonyl (C=O) groups is 1. The van der Waals surface area contributed by atoms with Gasteiger partial charge in [-0.25, -0.2) is 4.98 Å². The third-order valence-corrected chi connectivity index (χ3v) is 9.66. The van der Waals surface area contributed by atoms with Gasteiger partial charge in [-0.1, -0.05) is 66.4 Å². The zero-order valence-corrected chi connectivity index (χ0v) is 21.0. The number of carbonyl (C=O) groups excluding carboxylic acids is 1. The first-order valence-electron chi connectivity index (χ1n) is 11.4. The first-order valence-corrected chi connectivity index (χ1v) is 14.4. The average Bonchev–Trinajstić information content (AvgIpc) is 2.83. The van der Waals surface area contributed by atoms with Crippen molar-refractivity contribution in [2.75, 3.05) is 24.9 Å². The van der Waals surface area contributed by atoms with Gasteiger partial charge in [0.25, 0.3) is 0 Å². The fraction of sp³-hybridized carbons (Fsp3) is 0.385. The number of aromatic nitrogens is 1. The van der Waals surface area contributed by atoms with E-state index in [0.717, 1.165) is 28.8 Å². The van der Waals surface area contributed by atoms with E-state index in [1.807, 2.05) is 61.5 Å². The third kappa shape index (κ3) is 7.99. The largest absolute Gasteiger partial charge is 0.466 e. The number of benzene rings is 2. The lowest BCUT2D eigenvalue weighted by atomic mass is 10.0. The predicted octanol–water partition coefficient (Wildman–Crippen LogP) is 6.80. The van der Waals surface area contributed by atoms with Crippen LogP contribution in [0.5, 0.6) is 0 Å². The first-order chi connectivity index (χ1) is 16.0. The Hall–Kier alpha value is -2.14. The van der Waals surface area contributed by atoms with Crippen molar-refractivity contribution >= 4 is 36.0 Å². The molecule has 2 aromatic carbocycles. The van der Waals surface area contributed by atoms with Crippen LogP contribution in [-0.2, 0) is 25.0 Å². The van der Waals surface area contributed by atoms with Crippen molar-refractivity contribution in [1.82, 2.24) is 4.98 Å². The number of hydrogen-bond donors (Lipinski definition) is 0. The molecule has 0 bridgehead atoms. The second-order valence-corrected chi connectivity index (χ2v) is 11.8. The van der Waals surface area contributed by atoms with Gasteiger partial charge in [-0.2, -0.15) is 0 Å². The van der Waals surface area contributed by atoms with Gasteiger partial charge in [0.1, 0.15) is 0 Å². The van der Waals surface area contributed by atoms with E-state index in [1.165, 1.54) is 17.3 Å². The molecule has 0 spiro atoms. The molecule has 0 aliphatic carbocycles. The third-order valence-electron chi connectivity index (χ3n) is 5.33. The highest BCUT2D eigenvalue weighted by Crippen LogP contribution is 2.53. The molecule has 0 aliphatic rings. The topological polar surface area (TPSA) is 65.5 Å². The maximum atomic E-state index is 13.7. The minimum atomic E-state index is -3.07. The molecule has 33 heavy (non-hydrogen) atoms. The highest BCUT2D eigenvalue weighted by Gasteiger charge is 2.32. The van der Waals surface area contributed by atoms with Crippen molar-refractivity contribution in [3.05, 3.63) is 72.3 Å². The fourth-order valence-electron chi connectivity index (χ4n) is 3.75. The number of aryl methyl sites for hydroxylation is 1. The molecule has 3 rings (SSSR count). The molecule has 0 saturated heterocycles. The molecule has 0 radical (unpaired) electrons. The lowest BCUT2D eigenvalue weighted by Crippen LogP contribution is -2.23. The van der Waals surface area contributed by atoms with Crippen molar-refractivity contribution in [3.63, 3.8) is 0 Å². The Labute approximate surface area is 200 Å². The second-order valence-electron chi connectivity index (χ2n) is 7.86. The summed E-state index contributed by atoms with van der Waals surface area (Å²) in [7, 11) is -3.07. The number of thioether (sulfide) groups is 1. The fourth-order valence-corrected chi connectivity index (χ4v) is 7.69. The molecule has 1 heterocycles. The van der Waals surface area contributed by atoms with Gasteiger partial charge in [-0.05, 0) is 50.8 Å². The van der Waals surface area contributed by atoms with E-state index in [2.05, 4.69) is 17.1 Å². The molecular weight excluding hydrogens is 453 g/mol. The Kier molecular flexibility index (Phi) is 9.98. The molecule has 0 saturated carbocycles. The molecule has 7 heteroatoms. The summed E-state index contributed by atoms with van der Waals surface area (Å²) in [6.45, 7) is 4.27. The standard InChI is InChI=1S/C26H32NO4PS/c1-3-30-26(28)23(15-10-13-21-11-6-5-7-12-21)19-32(29,31-4-2)20-33-25-18-17-22-14-8-9-16-24(22)27-25/h5-9,11-12,14,16-18,23H,3-4,10,13,15,19-20H2,1-2H3. The molecule has 3 aromatic rings. The van der Waals surface area contributed by atoms with Crippen LogP contribution in [0.25, 0.3) is 10.9 Å². The molecule has 0 fully saturated rings. The molecule has 1 aromatic heterocycles. The van der Waals surface area contributed by atoms with Crippen LogP contribution in [0, 0.1) is 5.92 Å². The number of para-hydroxylation sites is 1. The van der Waals surface area contributed by atoms with Crippen LogP contribution in [-0.4, -0.2) is 35.8 Å². The van der Waals surface area contributed by atoms with Crippen molar-refractivity contribution in [3.8, 4) is 0 Å². The van der Waals surface area contributed by atoms with Gasteiger partial charge < -0.3 is 9.26 Å². The van der Waals surface area contributed by atoms with Gasteiger partial charge in [0.2, 0.25) is 7.37 Å². The SMILES string of the molecule is CCOC(=O)C(CCCc1ccccc1)CP(=O)(CSc1ccc2ccccc2n1)OCC. The van der Waals surface area contributed by atoms with Gasteiger partial charge in [-0.3, -0.25) is 9.36 Å². The van der Waals surface area contributed by atoms with E-state index in [-0.39, 0.29) is 17.6 Å². The zero-order valence-electron chi connectivity index (χ0n) is 19.3. The monoisotopic (exact) mass is 485 g/mol. The Bertz CT molecular complexity index is 1080. The van der Waals surface area contributed by atoms with Gasteiger partial charge in [0.15, 0.2) is 0 Å². The van der Waals surface area contributed by atoms with Crippen molar-refractivity contribution < 1.29 is 18.6 Å². The first kappa shape index (κ1) is 25.5. The number of hydrogen-bond acceptors (Lipinski definition) is 6. The highest BCUT2D eigenvalue weighted by molar-refractivity contribution is 8.05. The smallest absolute Gasteiger partial charge is 0.309 e. The van der Waals surface area contributed by atoms with Crippen LogP contribution in [0.4, 0.5) is 0 Å². The number of ether oxygens (including phenoxy) is 1. The van der Waals surface area contributed by atoms with Crippen LogP contribution in [0.2, 0.25) is 0 Å². The molecule has 176 valence electrons. The van der Waals surface area contributed by atoms with E-state index < -0.39 is 13.3 Å². The molecule has 0 amide bonds. The maximum absolute atomic E-state index is 13.7. The average molecular weight is 486 g/mol. The van der Waals surface area contributed by atoms with Gasteiger partial charge in [0.05, 0.1) is 35.2 Å². The number of nitrogens with zero attached hydrogens (tertiary/aromatic N) is 1. The van der Waals surface area contributed by atoms with Crippen molar-refractivity contribution in [2.24, 2.45) is 5.92 Å². The van der Waals surface area contributed by atoms with Crippen LogP contribution >= 0.6 is 19.1 Å². The molecule has 0 N–H and O–H groups in total. The molecule has 5 nitrogen and oxygen atoms in total. The minimum Gasteiger partial charge on any atom is -0.466 e. The minimum absolute atomic E-state index is 0.190. The summed E-state index contributed by atoms with van der Waals surface area (Å²) in [5.41, 5.74) is 2.41.